The first-order valence-electron chi connectivity index (χ1n) is 21.9. The van der Waals surface area contributed by atoms with Crippen LogP contribution >= 0.6 is 11.3 Å². The van der Waals surface area contributed by atoms with Gasteiger partial charge < -0.3 is 63.7 Å². The van der Waals surface area contributed by atoms with Crippen molar-refractivity contribution in [2.75, 3.05) is 158 Å². The van der Waals surface area contributed by atoms with Gasteiger partial charge in [0.05, 0.1) is 121 Å². The number of hydrogen-bond acceptors (Lipinski definition) is 15. The van der Waals surface area contributed by atoms with Gasteiger partial charge in [0, 0.05) is 30.9 Å². The lowest BCUT2D eigenvalue weighted by Gasteiger charge is -2.32. The highest BCUT2D eigenvalue weighted by Crippen LogP contribution is 2.40. The molecule has 0 atom stereocenters. The topological polar surface area (TPSA) is 163 Å². The van der Waals surface area contributed by atoms with Crippen LogP contribution in [0.1, 0.15) is 62.1 Å². The van der Waals surface area contributed by atoms with Crippen LogP contribution in [0, 0.1) is 5.92 Å². The molecule has 0 amide bonds. The Morgan fingerprint density at radius 3 is 1.72 bits per heavy atom. The summed E-state index contributed by atoms with van der Waals surface area (Å²) in [4.78, 5) is 16.4. The molecule has 2 fully saturated rings. The van der Waals surface area contributed by atoms with Gasteiger partial charge in [0.15, 0.2) is 5.82 Å². The molecule has 0 bridgehead atoms. The van der Waals surface area contributed by atoms with Crippen molar-refractivity contribution in [3.8, 4) is 0 Å². The number of rotatable bonds is 32. The van der Waals surface area contributed by atoms with Crippen LogP contribution in [0.5, 0.6) is 0 Å². The number of piperidine rings is 2. The van der Waals surface area contributed by atoms with Gasteiger partial charge in [0.2, 0.25) is 0 Å². The molecule has 15 nitrogen and oxygen atoms in total. The summed E-state index contributed by atoms with van der Waals surface area (Å²) in [5.41, 5.74) is 15.1. The third-order valence-corrected chi connectivity index (χ3v) is 12.2. The minimum absolute atomic E-state index is 0.524. The Morgan fingerprint density at radius 2 is 1.21 bits per heavy atom. The summed E-state index contributed by atoms with van der Waals surface area (Å²) in [7, 11) is 2.22. The summed E-state index contributed by atoms with van der Waals surface area (Å²) in [5.74, 6) is 2.95. The Bertz CT molecular complexity index is 1530. The Kier molecular flexibility index (Phi) is 22.5. The van der Waals surface area contributed by atoms with Gasteiger partial charge in [-0.3, -0.25) is 0 Å². The Labute approximate surface area is 350 Å². The summed E-state index contributed by atoms with van der Waals surface area (Å²) in [6.07, 6.45) is 7.99. The molecule has 0 spiro atoms. The monoisotopic (exact) mass is 836 g/mol. The van der Waals surface area contributed by atoms with Crippen LogP contribution in [0.25, 0.3) is 21.3 Å². The first-order chi connectivity index (χ1) is 28.6. The molecule has 0 aliphatic carbocycles. The maximum atomic E-state index is 6.61. The number of nitrogen functional groups attached to an aromatic ring is 1. The summed E-state index contributed by atoms with van der Waals surface area (Å²) < 4.78 is 48.1. The van der Waals surface area contributed by atoms with Gasteiger partial charge in [0.1, 0.15) is 11.3 Å². The average Bonchev–Trinajstić information content (AvgIpc) is 3.82. The standard InChI is InChI=1S/C42H73N7O8S/c1-3-4-5-38-46-39-40(41-36(45-42(39)44)32-37(58-41)35-8-11-47(2)12-9-35)49(38)33-34-6-13-48(14-7-34)15-17-51-19-21-53-23-25-55-27-29-57-31-30-56-28-26-54-24-22-52-20-18-50-16-10-43/h32,34-35H,3-31,33,43H2,1-2H3,(H2,44,45). The van der Waals surface area contributed by atoms with Crippen molar-refractivity contribution in [1.29, 1.82) is 0 Å². The number of pyridine rings is 1. The molecule has 0 radical (unpaired) electrons. The van der Waals surface area contributed by atoms with Crippen LogP contribution in [0.3, 0.4) is 0 Å². The summed E-state index contributed by atoms with van der Waals surface area (Å²) in [5, 5.41) is 0. The second kappa shape index (κ2) is 27.7. The lowest BCUT2D eigenvalue weighted by molar-refractivity contribution is -0.0234. The van der Waals surface area contributed by atoms with E-state index in [1.807, 2.05) is 11.3 Å². The molecule has 2 saturated heterocycles. The van der Waals surface area contributed by atoms with Crippen molar-refractivity contribution in [3.63, 3.8) is 0 Å². The Balaban J connectivity index is 0.878. The molecular weight excluding hydrogens is 763 g/mol. The molecule has 4 N–H and O–H groups in total. The number of unbranched alkanes of at least 4 members (excludes halogenated alkanes) is 1. The van der Waals surface area contributed by atoms with E-state index in [2.05, 4.69) is 34.4 Å². The van der Waals surface area contributed by atoms with Crippen molar-refractivity contribution in [1.82, 2.24) is 24.3 Å². The van der Waals surface area contributed by atoms with Crippen molar-refractivity contribution in [2.45, 2.75) is 64.3 Å². The quantitative estimate of drug-likeness (QED) is 0.0862. The van der Waals surface area contributed by atoms with Crippen LogP contribution in [0.2, 0.25) is 0 Å². The third kappa shape index (κ3) is 16.1. The second-order valence-corrected chi connectivity index (χ2v) is 16.4. The number of ether oxygens (including phenoxy) is 8. The number of likely N-dealkylation sites (tertiary alicyclic amines) is 2. The summed E-state index contributed by atoms with van der Waals surface area (Å²) >= 11 is 1.93. The first-order valence-corrected chi connectivity index (χ1v) is 22.7. The first kappa shape index (κ1) is 47.0. The van der Waals surface area contributed by atoms with Crippen LogP contribution in [0.4, 0.5) is 5.82 Å². The summed E-state index contributed by atoms with van der Waals surface area (Å²) in [6.45, 7) is 18.0. The highest BCUT2D eigenvalue weighted by Gasteiger charge is 2.26. The zero-order valence-electron chi connectivity index (χ0n) is 35.5. The molecule has 330 valence electrons. The molecule has 2 aliphatic rings. The van der Waals surface area contributed by atoms with E-state index >= 15 is 0 Å². The predicted octanol–water partition coefficient (Wildman–Crippen LogP) is 4.18. The molecule has 58 heavy (non-hydrogen) atoms. The van der Waals surface area contributed by atoms with Gasteiger partial charge in [-0.25, -0.2) is 9.97 Å². The predicted molar refractivity (Wildman–Crippen MR) is 230 cm³/mol. The lowest BCUT2D eigenvalue weighted by atomic mass is 9.95. The van der Waals surface area contributed by atoms with Crippen molar-refractivity contribution in [2.24, 2.45) is 11.7 Å². The highest BCUT2D eigenvalue weighted by atomic mass is 32.1. The van der Waals surface area contributed by atoms with Crippen LogP contribution in [-0.2, 0) is 50.9 Å². The zero-order valence-corrected chi connectivity index (χ0v) is 36.3. The highest BCUT2D eigenvalue weighted by molar-refractivity contribution is 7.20. The second-order valence-electron chi connectivity index (χ2n) is 15.3. The van der Waals surface area contributed by atoms with Crippen molar-refractivity contribution >= 4 is 38.4 Å². The maximum Gasteiger partial charge on any atom is 0.152 e. The van der Waals surface area contributed by atoms with E-state index in [-0.39, 0.29) is 0 Å². The molecular formula is C42H73N7O8S. The third-order valence-electron chi connectivity index (χ3n) is 10.9. The van der Waals surface area contributed by atoms with Gasteiger partial charge >= 0.3 is 0 Å². The van der Waals surface area contributed by atoms with E-state index in [1.54, 1.807) is 0 Å². The number of nitrogens with two attached hydrogens (primary N) is 2. The fourth-order valence-electron chi connectivity index (χ4n) is 7.53. The van der Waals surface area contributed by atoms with Gasteiger partial charge in [-0.2, -0.15) is 0 Å². The van der Waals surface area contributed by atoms with E-state index in [0.717, 1.165) is 76.2 Å². The Morgan fingerprint density at radius 1 is 0.690 bits per heavy atom. The number of aryl methyl sites for hydroxylation is 1. The number of hydrogen-bond donors (Lipinski definition) is 2. The largest absolute Gasteiger partial charge is 0.382 e. The van der Waals surface area contributed by atoms with Crippen molar-refractivity contribution < 1.29 is 37.9 Å². The number of nitrogens with zero attached hydrogens (tertiary/aromatic N) is 5. The average molecular weight is 836 g/mol. The smallest absolute Gasteiger partial charge is 0.152 e. The number of imidazole rings is 1. The normalized spacial score (nSPS) is 16.5. The zero-order chi connectivity index (χ0) is 40.6. The van der Waals surface area contributed by atoms with E-state index in [0.29, 0.717) is 123 Å². The van der Waals surface area contributed by atoms with Gasteiger partial charge in [0.25, 0.3) is 0 Å². The molecule has 0 aromatic carbocycles. The van der Waals surface area contributed by atoms with Crippen molar-refractivity contribution in [3.05, 3.63) is 16.8 Å². The van der Waals surface area contributed by atoms with E-state index in [9.17, 15) is 0 Å². The number of fused-ring (bicyclic) bond motifs is 3. The molecule has 5 heterocycles. The van der Waals surface area contributed by atoms with E-state index in [4.69, 9.17) is 59.3 Å². The summed E-state index contributed by atoms with van der Waals surface area (Å²) in [6, 6.07) is 2.32. The van der Waals surface area contributed by atoms with Gasteiger partial charge in [-0.15, -0.1) is 11.3 Å². The number of aromatic nitrogens is 3. The molecule has 5 rings (SSSR count). The molecule has 0 unspecified atom stereocenters. The maximum absolute atomic E-state index is 6.61. The fourth-order valence-corrected chi connectivity index (χ4v) is 8.85. The fraction of sp³-hybridized carbons (Fsp3) is 0.810. The lowest BCUT2D eigenvalue weighted by Crippen LogP contribution is -2.37. The molecule has 3 aromatic heterocycles. The molecule has 2 aliphatic heterocycles. The van der Waals surface area contributed by atoms with Gasteiger partial charge in [-0.05, 0) is 83.2 Å². The van der Waals surface area contributed by atoms with Crippen LogP contribution in [-0.4, -0.2) is 176 Å². The minimum Gasteiger partial charge on any atom is -0.382 e. The van der Waals surface area contributed by atoms with Crippen LogP contribution in [0.15, 0.2) is 6.07 Å². The molecule has 16 heteroatoms. The van der Waals surface area contributed by atoms with Crippen LogP contribution < -0.4 is 11.5 Å². The molecule has 0 saturated carbocycles. The number of anilines is 1. The van der Waals surface area contributed by atoms with Gasteiger partial charge in [-0.1, -0.05) is 13.3 Å². The SMILES string of the molecule is CCCCc1nc2c(N)nc3cc(C4CCN(C)CC4)sc3c2n1CC1CCN(CCOCCOCCOCCOCCOCCOCCOCCOCCN)CC1. The van der Waals surface area contributed by atoms with E-state index in [1.165, 1.54) is 46.6 Å². The Hall–Kier alpha value is -2.06. The number of thiophene rings is 1. The van der Waals surface area contributed by atoms with E-state index < -0.39 is 0 Å². The minimum atomic E-state index is 0.524. The molecule has 3 aromatic rings.